The van der Waals surface area contributed by atoms with E-state index in [1.54, 1.807) is 6.07 Å². The van der Waals surface area contributed by atoms with Gasteiger partial charge in [-0.05, 0) is 59.8 Å². The maximum Gasteiger partial charge on any atom is 0.267 e. The Balaban J connectivity index is 2.23. The highest BCUT2D eigenvalue weighted by Crippen LogP contribution is 2.35. The summed E-state index contributed by atoms with van der Waals surface area (Å²) in [4.78, 5) is 0. The maximum atomic E-state index is 9.75. The Morgan fingerprint density at radius 1 is 1.00 bits per heavy atom. The van der Waals surface area contributed by atoms with E-state index in [4.69, 9.17) is 11.6 Å². The quantitative estimate of drug-likeness (QED) is 0.346. The van der Waals surface area contributed by atoms with Gasteiger partial charge in [0, 0.05) is 5.02 Å². The predicted molar refractivity (Wildman–Crippen MR) is 104 cm³/mol. The fourth-order valence-electron chi connectivity index (χ4n) is 2.18. The van der Waals surface area contributed by atoms with Crippen LogP contribution in [0.2, 0.25) is 11.1 Å². The second kappa shape index (κ2) is 7.64. The van der Waals surface area contributed by atoms with Crippen LogP contribution in [-0.2, 0) is 6.42 Å². The molecule has 0 heterocycles. The van der Waals surface area contributed by atoms with E-state index >= 15 is 0 Å². The van der Waals surface area contributed by atoms with Gasteiger partial charge in [-0.15, -0.1) is 0 Å². The van der Waals surface area contributed by atoms with Crippen LogP contribution in [0.5, 0.6) is 5.75 Å². The molecule has 21 heavy (non-hydrogen) atoms. The lowest BCUT2D eigenvalue weighted by Crippen LogP contribution is -2.06. The van der Waals surface area contributed by atoms with E-state index in [0.29, 0.717) is 5.75 Å². The number of benzene rings is 2. The first-order chi connectivity index (χ1) is 9.85. The van der Waals surface area contributed by atoms with Gasteiger partial charge in [0.25, 0.3) is 3.93 Å². The third-order valence-corrected chi connectivity index (χ3v) is 7.89. The van der Waals surface area contributed by atoms with Gasteiger partial charge in [0.15, 0.2) is 0 Å². The zero-order valence-electron chi connectivity index (χ0n) is 11.1. The minimum Gasteiger partial charge on any atom is -0.508 e. The Bertz CT molecular complexity index is 611. The zero-order chi connectivity index (χ0) is 15.5. The van der Waals surface area contributed by atoms with E-state index in [-0.39, 0.29) is 0 Å². The molecule has 0 atom stereocenters. The molecule has 0 radical (unpaired) electrons. The van der Waals surface area contributed by atoms with Crippen molar-refractivity contribution in [3.8, 4) is 16.9 Å². The molecule has 2 aromatic carbocycles. The van der Waals surface area contributed by atoms with Crippen LogP contribution in [0.4, 0.5) is 0 Å². The van der Waals surface area contributed by atoms with E-state index < -0.39 is 3.93 Å². The standard InChI is InChI=1S/C15H14Br3ClOSi/c16-21(17,18)9-1-2-12-10-14(20)7-8-15(12)11-3-5-13(19)6-4-11/h3-8,10,20H,1-2,9H2. The molecule has 2 rings (SSSR count). The Hall–Kier alpha value is 0.187. The minimum atomic E-state index is -1.57. The first-order valence-corrected chi connectivity index (χ1v) is 15.9. The fraction of sp³-hybridized carbons (Fsp3) is 0.200. The topological polar surface area (TPSA) is 20.2 Å². The van der Waals surface area contributed by atoms with E-state index in [0.717, 1.165) is 40.6 Å². The van der Waals surface area contributed by atoms with E-state index in [1.165, 1.54) is 0 Å². The van der Waals surface area contributed by atoms with E-state index in [2.05, 4.69) is 45.9 Å². The average molecular weight is 514 g/mol. The molecule has 0 amide bonds. The highest BCUT2D eigenvalue weighted by Gasteiger charge is 2.21. The first-order valence-electron chi connectivity index (χ1n) is 6.50. The van der Waals surface area contributed by atoms with E-state index in [9.17, 15) is 5.11 Å². The van der Waals surface area contributed by atoms with Crippen molar-refractivity contribution in [3.63, 3.8) is 0 Å². The van der Waals surface area contributed by atoms with Crippen molar-refractivity contribution in [3.05, 3.63) is 53.1 Å². The normalized spacial score (nSPS) is 11.6. The van der Waals surface area contributed by atoms with Gasteiger partial charge in [-0.3, -0.25) is 0 Å². The monoisotopic (exact) mass is 510 g/mol. The smallest absolute Gasteiger partial charge is 0.267 e. The molecular formula is C15H14Br3ClOSi. The van der Waals surface area contributed by atoms with Crippen LogP contribution < -0.4 is 0 Å². The molecule has 0 aromatic heterocycles. The molecule has 1 N–H and O–H groups in total. The van der Waals surface area contributed by atoms with Crippen molar-refractivity contribution >= 4 is 61.4 Å². The molecular weight excluding hydrogens is 499 g/mol. The maximum absolute atomic E-state index is 9.75. The third kappa shape index (κ3) is 5.71. The number of hydrogen-bond acceptors (Lipinski definition) is 1. The fourth-order valence-corrected chi connectivity index (χ4v) is 5.40. The van der Waals surface area contributed by atoms with Crippen LogP contribution in [0.15, 0.2) is 42.5 Å². The Morgan fingerprint density at radius 2 is 1.67 bits per heavy atom. The summed E-state index contributed by atoms with van der Waals surface area (Å²) >= 11 is 16.9. The number of aromatic hydroxyl groups is 1. The number of rotatable bonds is 5. The lowest BCUT2D eigenvalue weighted by molar-refractivity contribution is 0.474. The summed E-state index contributed by atoms with van der Waals surface area (Å²) in [6.07, 6.45) is 1.96. The van der Waals surface area contributed by atoms with Gasteiger partial charge in [-0.25, -0.2) is 0 Å². The average Bonchev–Trinajstić information content (AvgIpc) is 2.39. The second-order valence-corrected chi connectivity index (χ2v) is 28.7. The van der Waals surface area contributed by atoms with Gasteiger partial charge in [-0.2, -0.15) is 0 Å². The van der Waals surface area contributed by atoms with E-state index in [1.807, 2.05) is 36.4 Å². The number of phenolic OH excluding ortho intramolecular Hbond substituents is 1. The van der Waals surface area contributed by atoms with Crippen molar-refractivity contribution < 1.29 is 5.11 Å². The molecule has 0 aliphatic rings. The Labute approximate surface area is 154 Å². The van der Waals surface area contributed by atoms with Crippen molar-refractivity contribution in [1.82, 2.24) is 0 Å². The SMILES string of the molecule is Oc1ccc(-c2ccc(Cl)cc2)c(CCC[Si](Br)(Br)Br)c1. The van der Waals surface area contributed by atoms with Crippen molar-refractivity contribution in [2.24, 2.45) is 0 Å². The molecule has 2 aromatic rings. The van der Waals surface area contributed by atoms with Crippen molar-refractivity contribution in [1.29, 1.82) is 0 Å². The number of phenols is 1. The van der Waals surface area contributed by atoms with Gasteiger partial charge in [-0.1, -0.05) is 75.7 Å². The third-order valence-electron chi connectivity index (χ3n) is 3.15. The van der Waals surface area contributed by atoms with Crippen LogP contribution >= 0.6 is 57.5 Å². The van der Waals surface area contributed by atoms with Gasteiger partial charge < -0.3 is 5.11 Å². The van der Waals surface area contributed by atoms with Crippen LogP contribution in [0.25, 0.3) is 11.1 Å². The van der Waals surface area contributed by atoms with Crippen LogP contribution in [0, 0.1) is 0 Å². The molecule has 0 saturated heterocycles. The molecule has 0 fully saturated rings. The second-order valence-electron chi connectivity index (χ2n) is 4.82. The molecule has 1 nitrogen and oxygen atoms in total. The lowest BCUT2D eigenvalue weighted by Gasteiger charge is -2.13. The van der Waals surface area contributed by atoms with Gasteiger partial charge in [0.2, 0.25) is 0 Å². The highest BCUT2D eigenvalue weighted by atomic mass is 80.0. The predicted octanol–water partition coefficient (Wildman–Crippen LogP) is 6.77. The Morgan fingerprint density at radius 3 is 2.29 bits per heavy atom. The zero-order valence-corrected chi connectivity index (χ0v) is 17.6. The summed E-state index contributed by atoms with van der Waals surface area (Å²) < 4.78 is -1.57. The Kier molecular flexibility index (Phi) is 6.38. The first kappa shape index (κ1) is 17.5. The number of halogens is 4. The summed E-state index contributed by atoms with van der Waals surface area (Å²) in [5.74, 6) is 0.308. The molecule has 0 bridgehead atoms. The lowest BCUT2D eigenvalue weighted by atomic mass is 9.96. The molecule has 0 unspecified atom stereocenters. The summed E-state index contributed by atoms with van der Waals surface area (Å²) in [7, 11) is 0. The summed E-state index contributed by atoms with van der Waals surface area (Å²) in [6.45, 7) is 0. The number of hydrogen-bond donors (Lipinski definition) is 1. The van der Waals surface area contributed by atoms with Gasteiger partial charge in [0.1, 0.15) is 5.75 Å². The largest absolute Gasteiger partial charge is 0.508 e. The molecule has 0 spiro atoms. The summed E-state index contributed by atoms with van der Waals surface area (Å²) in [6, 6.07) is 14.4. The van der Waals surface area contributed by atoms with Crippen molar-refractivity contribution in [2.45, 2.75) is 18.9 Å². The summed E-state index contributed by atoms with van der Waals surface area (Å²) in [5, 5.41) is 10.5. The number of aryl methyl sites for hydroxylation is 1. The highest BCUT2D eigenvalue weighted by molar-refractivity contribution is 9.72. The molecule has 6 heteroatoms. The molecule has 0 saturated carbocycles. The minimum absolute atomic E-state index is 0.308. The molecule has 112 valence electrons. The molecule has 0 aliphatic carbocycles. The van der Waals surface area contributed by atoms with Crippen LogP contribution in [0.3, 0.4) is 0 Å². The molecule has 0 aliphatic heterocycles. The van der Waals surface area contributed by atoms with Crippen LogP contribution in [0.1, 0.15) is 12.0 Å². The van der Waals surface area contributed by atoms with Gasteiger partial charge >= 0.3 is 0 Å². The van der Waals surface area contributed by atoms with Crippen molar-refractivity contribution in [2.75, 3.05) is 0 Å². The summed E-state index contributed by atoms with van der Waals surface area (Å²) in [5.41, 5.74) is 3.42. The van der Waals surface area contributed by atoms with Gasteiger partial charge in [0.05, 0.1) is 0 Å². The van der Waals surface area contributed by atoms with Crippen LogP contribution in [-0.4, -0.2) is 9.04 Å².